The lowest BCUT2D eigenvalue weighted by molar-refractivity contribution is -0.118. The van der Waals surface area contributed by atoms with E-state index in [4.69, 9.17) is 4.98 Å². The van der Waals surface area contributed by atoms with Gasteiger partial charge in [-0.1, -0.05) is 35.0 Å². The number of aromatic nitrogens is 6. The molecule has 2 saturated carbocycles. The number of amides is 3. The van der Waals surface area contributed by atoms with E-state index in [1.807, 2.05) is 54.4 Å². The number of carbonyl (C=O) groups excluding carboxylic acids is 2. The van der Waals surface area contributed by atoms with Crippen molar-refractivity contribution in [2.45, 2.75) is 76.4 Å². The van der Waals surface area contributed by atoms with E-state index in [-0.39, 0.29) is 41.4 Å². The number of likely N-dealkylation sites (tertiary alicyclic amines) is 1. The molecule has 5 heterocycles. The van der Waals surface area contributed by atoms with E-state index in [0.29, 0.717) is 28.9 Å². The van der Waals surface area contributed by atoms with Crippen LogP contribution in [-0.4, -0.2) is 71.6 Å². The molecule has 3 unspecified atom stereocenters. The number of carbonyl (C=O) groups is 2. The number of halogens is 2. The monoisotopic (exact) mass is 802 g/mol. The Morgan fingerprint density at radius 1 is 0.873 bits per heavy atom. The summed E-state index contributed by atoms with van der Waals surface area (Å²) >= 11 is 3.57. The smallest absolute Gasteiger partial charge is 0.322 e. The van der Waals surface area contributed by atoms with Crippen LogP contribution in [0.3, 0.4) is 0 Å². The molecule has 2 N–H and O–H groups in total. The zero-order valence-corrected chi connectivity index (χ0v) is 32.1. The van der Waals surface area contributed by atoms with Crippen molar-refractivity contribution in [2.24, 2.45) is 11.3 Å². The van der Waals surface area contributed by atoms with Crippen LogP contribution >= 0.6 is 15.9 Å². The first-order valence-corrected chi connectivity index (χ1v) is 19.6. The first-order valence-electron chi connectivity index (χ1n) is 18.8. The van der Waals surface area contributed by atoms with Gasteiger partial charge in [0.15, 0.2) is 17.5 Å². The van der Waals surface area contributed by atoms with Crippen molar-refractivity contribution in [1.29, 1.82) is 0 Å². The predicted molar refractivity (Wildman–Crippen MR) is 210 cm³/mol. The first kappa shape index (κ1) is 35.3. The Hall–Kier alpha value is -5.37. The van der Waals surface area contributed by atoms with Gasteiger partial charge in [-0.25, -0.2) is 29.1 Å². The number of rotatable bonds is 7. The number of pyridine rings is 1. The second-order valence-electron chi connectivity index (χ2n) is 15.6. The molecule has 2 aliphatic heterocycles. The lowest BCUT2D eigenvalue weighted by atomic mass is 9.65. The predicted octanol–water partition coefficient (Wildman–Crippen LogP) is 7.79. The van der Waals surface area contributed by atoms with Crippen molar-refractivity contribution in [3.05, 3.63) is 101 Å². The van der Waals surface area contributed by atoms with Crippen LogP contribution in [0.15, 0.2) is 84.0 Å². The molecule has 2 aliphatic carbocycles. The molecule has 14 heteroatoms. The highest BCUT2D eigenvalue weighted by Crippen LogP contribution is 2.54. The van der Waals surface area contributed by atoms with Crippen molar-refractivity contribution < 1.29 is 14.0 Å². The molecule has 280 valence electrons. The molecule has 3 aromatic heterocycles. The Balaban J connectivity index is 0.911. The number of urea groups is 1. The van der Waals surface area contributed by atoms with Crippen LogP contribution in [0.25, 0.3) is 22.8 Å². The Bertz CT molecular complexity index is 2260. The van der Waals surface area contributed by atoms with Crippen LogP contribution < -0.4 is 15.5 Å². The van der Waals surface area contributed by atoms with Crippen LogP contribution in [0.5, 0.6) is 0 Å². The number of aryl methyl sites for hydroxylation is 1. The van der Waals surface area contributed by atoms with E-state index < -0.39 is 5.82 Å². The van der Waals surface area contributed by atoms with Gasteiger partial charge in [-0.15, -0.1) is 5.10 Å². The Morgan fingerprint density at radius 2 is 1.65 bits per heavy atom. The largest absolute Gasteiger partial charge is 0.344 e. The van der Waals surface area contributed by atoms with Gasteiger partial charge in [-0.3, -0.25) is 4.79 Å². The molecule has 1 spiro atoms. The van der Waals surface area contributed by atoms with Crippen LogP contribution in [0.2, 0.25) is 0 Å². The minimum atomic E-state index is -0.502. The van der Waals surface area contributed by atoms with Gasteiger partial charge in [-0.05, 0) is 104 Å². The van der Waals surface area contributed by atoms with Gasteiger partial charge in [0.25, 0.3) is 0 Å². The summed E-state index contributed by atoms with van der Waals surface area (Å²) in [4.78, 5) is 49.6. The fourth-order valence-corrected chi connectivity index (χ4v) is 9.38. The third kappa shape index (κ3) is 6.81. The number of benzene rings is 2. The van der Waals surface area contributed by atoms with Crippen LogP contribution in [0, 0.1) is 24.1 Å². The van der Waals surface area contributed by atoms with E-state index in [0.717, 1.165) is 90.0 Å². The van der Waals surface area contributed by atoms with Gasteiger partial charge >= 0.3 is 6.03 Å². The van der Waals surface area contributed by atoms with Crippen molar-refractivity contribution in [3.8, 4) is 22.8 Å². The maximum absolute atomic E-state index is 14.0. The minimum absolute atomic E-state index is 0.0564. The van der Waals surface area contributed by atoms with E-state index in [1.165, 1.54) is 6.20 Å². The van der Waals surface area contributed by atoms with E-state index >= 15 is 0 Å². The molecular weight excluding hydrogens is 763 g/mol. The first-order chi connectivity index (χ1) is 26.6. The van der Waals surface area contributed by atoms with Crippen LogP contribution in [-0.2, 0) is 4.79 Å². The number of hydrogen-bond acceptors (Lipinski definition) is 9. The fraction of sp³-hybridized carbons (Fsp3) is 0.366. The Kier molecular flexibility index (Phi) is 9.02. The van der Waals surface area contributed by atoms with Gasteiger partial charge in [0.05, 0.1) is 18.6 Å². The van der Waals surface area contributed by atoms with Crippen molar-refractivity contribution in [2.75, 3.05) is 22.1 Å². The molecule has 12 nitrogen and oxygen atoms in total. The molecule has 55 heavy (non-hydrogen) atoms. The number of hydrogen-bond donors (Lipinski definition) is 2. The SMILES string of the molecule is Cc1ccc(NC(=O)[C@@H]2CCC3(CC3)CN2c2ccc(C3C4CC(C[C@@H]3C)N4C(=O)Nc3ccc(Br)c(-c4nccnn4)c3)cn2)cc1-c1ncc(F)cn1. The average molecular weight is 804 g/mol. The number of nitrogens with one attached hydrogen (secondary N) is 2. The average Bonchev–Trinajstić information content (AvgIpc) is 3.94. The van der Waals surface area contributed by atoms with Crippen molar-refractivity contribution >= 4 is 45.1 Å². The van der Waals surface area contributed by atoms with Gasteiger partial charge in [0.1, 0.15) is 11.9 Å². The van der Waals surface area contributed by atoms with E-state index in [2.05, 4.69) is 75.7 Å². The molecule has 9 rings (SSSR count). The lowest BCUT2D eigenvalue weighted by Crippen LogP contribution is -2.66. The zero-order valence-electron chi connectivity index (χ0n) is 30.5. The molecule has 3 amide bonds. The lowest BCUT2D eigenvalue weighted by Gasteiger charge is -2.58. The second kappa shape index (κ2) is 14.0. The van der Waals surface area contributed by atoms with Gasteiger partial charge in [0.2, 0.25) is 5.91 Å². The molecule has 2 bridgehead atoms. The third-order valence-electron chi connectivity index (χ3n) is 12.0. The van der Waals surface area contributed by atoms with Gasteiger partial charge in [-0.2, -0.15) is 5.10 Å². The van der Waals surface area contributed by atoms with Crippen LogP contribution in [0.1, 0.15) is 62.5 Å². The molecule has 4 fully saturated rings. The summed E-state index contributed by atoms with van der Waals surface area (Å²) in [6.07, 6.45) is 13.3. The summed E-state index contributed by atoms with van der Waals surface area (Å²) in [6, 6.07) is 15.2. The molecule has 5 aromatic rings. The summed E-state index contributed by atoms with van der Waals surface area (Å²) in [5.74, 6) is 1.58. The normalized spacial score (nSPS) is 23.5. The summed E-state index contributed by atoms with van der Waals surface area (Å²) in [7, 11) is 0. The number of piperidine rings is 2. The van der Waals surface area contributed by atoms with Crippen molar-refractivity contribution in [1.82, 2.24) is 35.0 Å². The standard InChI is InChI=1S/C41H40BrFN10O2/c1-23-3-5-27(16-30(23)37-46-20-26(43)21-47-37)49-39(54)33-9-10-41(11-12-41)22-52(33)35-8-4-25(19-45-35)36-24(2)15-29-18-34(36)53(29)40(55)50-28-6-7-32(42)31(17-28)38-44-13-14-48-51-38/h3-8,13-14,16-17,19-21,24,29,33-34,36H,9-12,15,18,22H2,1-2H3,(H,49,54)(H,50,55)/t24-,29?,33-,34?,36?/m0/s1. The Morgan fingerprint density at radius 3 is 2.40 bits per heavy atom. The second-order valence-corrected chi connectivity index (χ2v) is 16.4. The third-order valence-corrected chi connectivity index (χ3v) is 12.7. The zero-order chi connectivity index (χ0) is 37.8. The molecule has 0 radical (unpaired) electrons. The van der Waals surface area contributed by atoms with Crippen molar-refractivity contribution in [3.63, 3.8) is 0 Å². The highest BCUT2D eigenvalue weighted by molar-refractivity contribution is 9.10. The summed E-state index contributed by atoms with van der Waals surface area (Å²) in [6.45, 7) is 4.98. The molecule has 4 aliphatic rings. The number of anilines is 3. The van der Waals surface area contributed by atoms with Gasteiger partial charge < -0.3 is 20.4 Å². The number of fused-ring (bicyclic) bond motifs is 2. The maximum Gasteiger partial charge on any atom is 0.322 e. The quantitative estimate of drug-likeness (QED) is 0.169. The number of nitrogens with zero attached hydrogens (tertiary/aromatic N) is 8. The summed E-state index contributed by atoms with van der Waals surface area (Å²) in [5, 5.41) is 14.3. The summed E-state index contributed by atoms with van der Waals surface area (Å²) in [5.41, 5.74) is 5.04. The van der Waals surface area contributed by atoms with Crippen LogP contribution in [0.4, 0.5) is 26.4 Å². The molecule has 2 aromatic carbocycles. The molecule has 5 atom stereocenters. The Labute approximate surface area is 326 Å². The fourth-order valence-electron chi connectivity index (χ4n) is 8.95. The summed E-state index contributed by atoms with van der Waals surface area (Å²) < 4.78 is 14.3. The minimum Gasteiger partial charge on any atom is -0.344 e. The highest BCUT2D eigenvalue weighted by atomic mass is 79.9. The van der Waals surface area contributed by atoms with Gasteiger partial charge in [0, 0.05) is 63.9 Å². The molecular formula is C41H40BrFN10O2. The van der Waals surface area contributed by atoms with E-state index in [9.17, 15) is 14.0 Å². The topological polar surface area (TPSA) is 142 Å². The maximum atomic E-state index is 14.0. The molecule has 2 saturated heterocycles. The highest BCUT2D eigenvalue weighted by Gasteiger charge is 2.53. The van der Waals surface area contributed by atoms with E-state index in [1.54, 1.807) is 6.20 Å².